The fourth-order valence-corrected chi connectivity index (χ4v) is 3.84. The summed E-state index contributed by atoms with van der Waals surface area (Å²) in [5.74, 6) is 0.502. The van der Waals surface area contributed by atoms with Gasteiger partial charge in [0.15, 0.2) is 0 Å². The number of hydrogen-bond donors (Lipinski definition) is 1. The molecule has 5 nitrogen and oxygen atoms in total. The van der Waals surface area contributed by atoms with Crippen molar-refractivity contribution >= 4 is 22.8 Å². The number of rotatable bonds is 7. The number of piperidine rings is 1. The Morgan fingerprint density at radius 3 is 2.77 bits per heavy atom. The van der Waals surface area contributed by atoms with Crippen LogP contribution in [0.2, 0.25) is 0 Å². The van der Waals surface area contributed by atoms with Crippen molar-refractivity contribution in [2.75, 3.05) is 32.1 Å². The Kier molecular flexibility index (Phi) is 5.90. The SMILES string of the molecule is CN1CC[C@@H](Nc2cccc3c2cc(/C=N/OCC2CC2)n3CC(F)(F)F)[C@@H](F)C1. The molecule has 1 saturated carbocycles. The molecular formula is C21H26F4N4O. The molecule has 2 aromatic rings. The molecule has 30 heavy (non-hydrogen) atoms. The summed E-state index contributed by atoms with van der Waals surface area (Å²) in [6, 6.07) is 6.36. The van der Waals surface area contributed by atoms with Crippen molar-refractivity contribution in [3.63, 3.8) is 0 Å². The summed E-state index contributed by atoms with van der Waals surface area (Å²) in [6.45, 7) is 0.444. The van der Waals surface area contributed by atoms with Gasteiger partial charge in [-0.05, 0) is 50.4 Å². The average Bonchev–Trinajstić information content (AvgIpc) is 3.43. The van der Waals surface area contributed by atoms with Gasteiger partial charge in [-0.3, -0.25) is 0 Å². The average molecular weight is 426 g/mol. The first-order valence-electron chi connectivity index (χ1n) is 10.2. The number of hydrogen-bond acceptors (Lipinski definition) is 4. The maximum absolute atomic E-state index is 14.5. The van der Waals surface area contributed by atoms with Crippen LogP contribution in [0, 0.1) is 5.92 Å². The minimum Gasteiger partial charge on any atom is -0.395 e. The Bertz CT molecular complexity index is 906. The molecule has 0 unspecified atom stereocenters. The Labute approximate surface area is 172 Å². The van der Waals surface area contributed by atoms with Crippen LogP contribution < -0.4 is 5.32 Å². The van der Waals surface area contributed by atoms with E-state index in [0.29, 0.717) is 47.8 Å². The monoisotopic (exact) mass is 426 g/mol. The van der Waals surface area contributed by atoms with Crippen LogP contribution in [0.4, 0.5) is 23.2 Å². The lowest BCUT2D eigenvalue weighted by atomic mass is 10.0. The van der Waals surface area contributed by atoms with Gasteiger partial charge in [0.1, 0.15) is 19.3 Å². The van der Waals surface area contributed by atoms with Crippen LogP contribution in [0.5, 0.6) is 0 Å². The van der Waals surface area contributed by atoms with E-state index in [9.17, 15) is 17.6 Å². The van der Waals surface area contributed by atoms with Gasteiger partial charge in [0.2, 0.25) is 0 Å². The summed E-state index contributed by atoms with van der Waals surface area (Å²) in [6.07, 6.45) is -1.28. The summed E-state index contributed by atoms with van der Waals surface area (Å²) in [5, 5.41) is 7.70. The molecule has 1 aromatic carbocycles. The minimum absolute atomic E-state index is 0.299. The lowest BCUT2D eigenvalue weighted by molar-refractivity contribution is -0.139. The van der Waals surface area contributed by atoms with Crippen LogP contribution in [0.3, 0.4) is 0 Å². The number of oxime groups is 1. The zero-order valence-electron chi connectivity index (χ0n) is 16.8. The van der Waals surface area contributed by atoms with Crippen LogP contribution in [-0.2, 0) is 11.4 Å². The maximum atomic E-state index is 14.5. The lowest BCUT2D eigenvalue weighted by Crippen LogP contribution is -2.46. The molecule has 1 aromatic heterocycles. The van der Waals surface area contributed by atoms with E-state index in [-0.39, 0.29) is 6.04 Å². The molecule has 2 aliphatic rings. The number of nitrogens with zero attached hydrogens (tertiary/aromatic N) is 3. The third-order valence-corrected chi connectivity index (χ3v) is 5.67. The fourth-order valence-electron chi connectivity index (χ4n) is 3.84. The third kappa shape index (κ3) is 5.06. The quantitative estimate of drug-likeness (QED) is 0.405. The summed E-state index contributed by atoms with van der Waals surface area (Å²) >= 11 is 0. The molecule has 2 fully saturated rings. The van der Waals surface area contributed by atoms with E-state index in [2.05, 4.69) is 10.5 Å². The molecule has 0 bridgehead atoms. The van der Waals surface area contributed by atoms with Crippen molar-refractivity contribution < 1.29 is 22.4 Å². The first-order valence-corrected chi connectivity index (χ1v) is 10.2. The largest absolute Gasteiger partial charge is 0.406 e. The van der Waals surface area contributed by atoms with Gasteiger partial charge in [-0.25, -0.2) is 4.39 Å². The predicted molar refractivity (Wildman–Crippen MR) is 109 cm³/mol. The van der Waals surface area contributed by atoms with Crippen molar-refractivity contribution in [2.24, 2.45) is 11.1 Å². The molecule has 0 spiro atoms. The summed E-state index contributed by atoms with van der Waals surface area (Å²) in [7, 11) is 1.87. The van der Waals surface area contributed by atoms with Gasteiger partial charge < -0.3 is 19.6 Å². The van der Waals surface area contributed by atoms with Gasteiger partial charge in [-0.15, -0.1) is 0 Å². The number of fused-ring (bicyclic) bond motifs is 1. The van der Waals surface area contributed by atoms with Gasteiger partial charge in [-0.1, -0.05) is 11.2 Å². The molecule has 2 atom stereocenters. The second-order valence-corrected chi connectivity index (χ2v) is 8.30. The van der Waals surface area contributed by atoms with E-state index in [1.54, 1.807) is 24.3 Å². The highest BCUT2D eigenvalue weighted by Crippen LogP contribution is 2.32. The zero-order chi connectivity index (χ0) is 21.3. The molecule has 1 N–H and O–H groups in total. The molecule has 1 aliphatic carbocycles. The van der Waals surface area contributed by atoms with Crippen LogP contribution in [0.1, 0.15) is 25.0 Å². The van der Waals surface area contributed by atoms with Crippen molar-refractivity contribution in [1.29, 1.82) is 0 Å². The molecule has 9 heteroatoms. The van der Waals surface area contributed by atoms with Gasteiger partial charge in [0, 0.05) is 24.2 Å². The van der Waals surface area contributed by atoms with Gasteiger partial charge in [0.05, 0.1) is 23.5 Å². The van der Waals surface area contributed by atoms with Crippen molar-refractivity contribution in [2.45, 2.75) is 44.2 Å². The molecule has 2 heterocycles. The first kappa shape index (κ1) is 21.0. The first-order chi connectivity index (χ1) is 14.3. The van der Waals surface area contributed by atoms with E-state index in [0.717, 1.165) is 19.4 Å². The van der Waals surface area contributed by atoms with Gasteiger partial charge in [0.25, 0.3) is 0 Å². The van der Waals surface area contributed by atoms with Crippen molar-refractivity contribution in [1.82, 2.24) is 9.47 Å². The fraction of sp³-hybridized carbons (Fsp3) is 0.571. The molecule has 4 rings (SSSR count). The number of anilines is 1. The van der Waals surface area contributed by atoms with E-state index in [1.165, 1.54) is 10.8 Å². The van der Waals surface area contributed by atoms with Crippen LogP contribution in [-0.4, -0.2) is 60.8 Å². The standard InChI is InChI=1S/C21H26F4N4O/c1-28-8-7-19(17(22)11-28)27-18-3-2-4-20-16(18)9-15(29(20)13-21(23,24)25)10-26-30-12-14-5-6-14/h2-4,9-10,14,17,19,27H,5-8,11-13H2,1H3/b26-10+/t17-,19+/m0/s1. The number of aromatic nitrogens is 1. The van der Waals surface area contributed by atoms with Crippen molar-refractivity contribution in [3.8, 4) is 0 Å². The lowest BCUT2D eigenvalue weighted by Gasteiger charge is -2.33. The zero-order valence-corrected chi connectivity index (χ0v) is 16.8. The minimum atomic E-state index is -4.38. The van der Waals surface area contributed by atoms with Gasteiger partial charge >= 0.3 is 6.18 Å². The Morgan fingerprint density at radius 1 is 1.27 bits per heavy atom. The Balaban J connectivity index is 1.62. The highest BCUT2D eigenvalue weighted by molar-refractivity contribution is 5.98. The normalized spacial score (nSPS) is 23.4. The molecule has 164 valence electrons. The highest BCUT2D eigenvalue weighted by atomic mass is 19.4. The third-order valence-electron chi connectivity index (χ3n) is 5.67. The van der Waals surface area contributed by atoms with E-state index >= 15 is 0 Å². The highest BCUT2D eigenvalue weighted by Gasteiger charge is 2.31. The van der Waals surface area contributed by atoms with Gasteiger partial charge in [-0.2, -0.15) is 13.2 Å². The second-order valence-electron chi connectivity index (χ2n) is 8.30. The van der Waals surface area contributed by atoms with Crippen LogP contribution in [0.25, 0.3) is 10.9 Å². The van der Waals surface area contributed by atoms with E-state index in [4.69, 9.17) is 4.84 Å². The summed E-state index contributed by atoms with van der Waals surface area (Å²) < 4.78 is 55.3. The van der Waals surface area contributed by atoms with E-state index < -0.39 is 18.9 Å². The van der Waals surface area contributed by atoms with Crippen LogP contribution >= 0.6 is 0 Å². The number of benzene rings is 1. The number of halogens is 4. The Morgan fingerprint density at radius 2 is 2.07 bits per heavy atom. The number of nitrogens with one attached hydrogen (secondary N) is 1. The summed E-state index contributed by atoms with van der Waals surface area (Å²) in [4.78, 5) is 7.15. The molecular weight excluding hydrogens is 400 g/mol. The Hall–Kier alpha value is -2.29. The van der Waals surface area contributed by atoms with Crippen molar-refractivity contribution in [3.05, 3.63) is 30.0 Å². The number of alkyl halides is 4. The summed E-state index contributed by atoms with van der Waals surface area (Å²) in [5.41, 5.74) is 1.34. The molecule has 1 aliphatic heterocycles. The second kappa shape index (κ2) is 8.45. The maximum Gasteiger partial charge on any atom is 0.406 e. The smallest absolute Gasteiger partial charge is 0.395 e. The van der Waals surface area contributed by atoms with E-state index in [1.807, 2.05) is 11.9 Å². The number of likely N-dealkylation sites (tertiary alicyclic amines) is 1. The van der Waals surface area contributed by atoms with Crippen LogP contribution in [0.15, 0.2) is 29.4 Å². The molecule has 0 radical (unpaired) electrons. The topological polar surface area (TPSA) is 41.8 Å². The molecule has 1 saturated heterocycles. The predicted octanol–water partition coefficient (Wildman–Crippen LogP) is 4.42. The molecule has 0 amide bonds.